The normalized spacial score (nSPS) is 12.8. The SMILES string of the molecule is CCn1c(C(=O)N[C@@H](CO)CCO)ccc1C(CC)(CC)c1ccc(OCS(=O)(=O)c2ccccc2)c(C)c1. The van der Waals surface area contributed by atoms with Gasteiger partial charge < -0.3 is 24.8 Å². The molecule has 0 fully saturated rings. The van der Waals surface area contributed by atoms with Crippen molar-refractivity contribution in [3.05, 3.63) is 83.2 Å². The summed E-state index contributed by atoms with van der Waals surface area (Å²) in [6.45, 7) is 8.32. The van der Waals surface area contributed by atoms with E-state index < -0.39 is 27.2 Å². The van der Waals surface area contributed by atoms with Gasteiger partial charge in [-0.1, -0.05) is 44.2 Å². The van der Waals surface area contributed by atoms with Crippen molar-refractivity contribution in [1.82, 2.24) is 9.88 Å². The van der Waals surface area contributed by atoms with Crippen molar-refractivity contribution in [1.29, 1.82) is 0 Å². The van der Waals surface area contributed by atoms with Crippen molar-refractivity contribution >= 4 is 15.7 Å². The number of sulfone groups is 1. The van der Waals surface area contributed by atoms with E-state index in [-0.39, 0.29) is 30.4 Å². The maximum Gasteiger partial charge on any atom is 0.268 e. The lowest BCUT2D eigenvalue weighted by Gasteiger charge is -2.34. The molecule has 0 aliphatic carbocycles. The van der Waals surface area contributed by atoms with Crippen molar-refractivity contribution in [3.8, 4) is 5.75 Å². The van der Waals surface area contributed by atoms with Crippen molar-refractivity contribution in [2.24, 2.45) is 0 Å². The van der Waals surface area contributed by atoms with Crippen LogP contribution in [0.5, 0.6) is 5.75 Å². The number of aliphatic hydroxyl groups is 2. The quantitative estimate of drug-likeness (QED) is 0.274. The van der Waals surface area contributed by atoms with Gasteiger partial charge in [-0.15, -0.1) is 0 Å². The fourth-order valence-corrected chi connectivity index (χ4v) is 6.15. The van der Waals surface area contributed by atoms with E-state index in [2.05, 4.69) is 19.2 Å². The molecule has 0 saturated heterocycles. The molecule has 0 bridgehead atoms. The third-order valence-electron chi connectivity index (χ3n) is 7.46. The van der Waals surface area contributed by atoms with Crippen molar-refractivity contribution < 1.29 is 28.2 Å². The first kappa shape index (κ1) is 30.4. The predicted molar refractivity (Wildman–Crippen MR) is 152 cm³/mol. The second-order valence-electron chi connectivity index (χ2n) is 9.67. The number of nitrogens with zero attached hydrogens (tertiary/aromatic N) is 1. The van der Waals surface area contributed by atoms with Gasteiger partial charge in [0.1, 0.15) is 11.4 Å². The number of nitrogens with one attached hydrogen (secondary N) is 1. The third-order valence-corrected chi connectivity index (χ3v) is 8.88. The van der Waals surface area contributed by atoms with E-state index in [4.69, 9.17) is 4.74 Å². The molecule has 0 spiro atoms. The molecule has 0 radical (unpaired) electrons. The number of rotatable bonds is 14. The van der Waals surface area contributed by atoms with Gasteiger partial charge in [0.15, 0.2) is 5.94 Å². The molecule has 1 aromatic heterocycles. The zero-order chi connectivity index (χ0) is 28.6. The highest BCUT2D eigenvalue weighted by atomic mass is 32.2. The lowest BCUT2D eigenvalue weighted by atomic mass is 9.72. The van der Waals surface area contributed by atoms with Gasteiger partial charge in [-0.2, -0.15) is 0 Å². The van der Waals surface area contributed by atoms with E-state index in [1.165, 1.54) is 0 Å². The minimum atomic E-state index is -3.59. The second-order valence-corrected chi connectivity index (χ2v) is 11.6. The van der Waals surface area contributed by atoms with Gasteiger partial charge in [-0.25, -0.2) is 8.42 Å². The Morgan fingerprint density at radius 1 is 1.03 bits per heavy atom. The molecule has 0 aliphatic heterocycles. The highest BCUT2D eigenvalue weighted by Gasteiger charge is 2.35. The summed E-state index contributed by atoms with van der Waals surface area (Å²) in [5, 5.41) is 21.6. The number of aliphatic hydroxyl groups excluding tert-OH is 2. The molecule has 0 aliphatic rings. The second kappa shape index (κ2) is 13.3. The molecule has 3 rings (SSSR count). The first-order valence-electron chi connectivity index (χ1n) is 13.4. The molecule has 0 saturated carbocycles. The van der Waals surface area contributed by atoms with Crippen LogP contribution in [0.3, 0.4) is 0 Å². The fourth-order valence-electron chi connectivity index (χ4n) is 5.16. The molecule has 8 nitrogen and oxygen atoms in total. The molecule has 2 aromatic carbocycles. The lowest BCUT2D eigenvalue weighted by molar-refractivity contribution is 0.0894. The average molecular weight is 557 g/mol. The largest absolute Gasteiger partial charge is 0.477 e. The minimum Gasteiger partial charge on any atom is -0.477 e. The molecule has 39 heavy (non-hydrogen) atoms. The zero-order valence-electron chi connectivity index (χ0n) is 23.2. The van der Waals surface area contributed by atoms with Crippen LogP contribution in [0.25, 0.3) is 0 Å². The number of ether oxygens (including phenoxy) is 1. The van der Waals surface area contributed by atoms with Gasteiger partial charge in [-0.05, 0) is 74.6 Å². The van der Waals surface area contributed by atoms with Crippen molar-refractivity contribution in [3.63, 3.8) is 0 Å². The van der Waals surface area contributed by atoms with Crippen LogP contribution in [0.1, 0.15) is 67.3 Å². The minimum absolute atomic E-state index is 0.127. The Morgan fingerprint density at radius 3 is 2.28 bits per heavy atom. The van der Waals surface area contributed by atoms with Crippen molar-refractivity contribution in [2.75, 3.05) is 19.2 Å². The summed E-state index contributed by atoms with van der Waals surface area (Å²) < 4.78 is 33.1. The summed E-state index contributed by atoms with van der Waals surface area (Å²) in [7, 11) is -3.59. The number of hydrogen-bond donors (Lipinski definition) is 3. The van der Waals surface area contributed by atoms with Crippen LogP contribution in [0.15, 0.2) is 65.6 Å². The highest BCUT2D eigenvalue weighted by Crippen LogP contribution is 2.41. The van der Waals surface area contributed by atoms with Crippen LogP contribution in [0, 0.1) is 6.92 Å². The number of amides is 1. The van der Waals surface area contributed by atoms with Gasteiger partial charge in [0, 0.05) is 24.3 Å². The van der Waals surface area contributed by atoms with E-state index in [0.717, 1.165) is 29.7 Å². The van der Waals surface area contributed by atoms with Crippen LogP contribution in [-0.2, 0) is 21.8 Å². The molecule has 3 aromatic rings. The summed E-state index contributed by atoms with van der Waals surface area (Å²) in [6.07, 6.45) is 1.83. The Hall–Kier alpha value is -3.14. The molecule has 212 valence electrons. The molecular formula is C30H40N2O6S. The maximum absolute atomic E-state index is 13.1. The van der Waals surface area contributed by atoms with E-state index >= 15 is 0 Å². The number of hydrogen-bond acceptors (Lipinski definition) is 6. The van der Waals surface area contributed by atoms with Crippen LogP contribution in [0.4, 0.5) is 0 Å². The smallest absolute Gasteiger partial charge is 0.268 e. The Bertz CT molecular complexity index is 1350. The van der Waals surface area contributed by atoms with Crippen LogP contribution >= 0.6 is 0 Å². The summed E-state index contributed by atoms with van der Waals surface area (Å²) in [6, 6.07) is 17.3. The van der Waals surface area contributed by atoms with Gasteiger partial charge >= 0.3 is 0 Å². The standard InChI is InChI=1S/C30H40N2O6S/c1-5-30(6-2,28-16-14-26(32(28)7-3)29(35)31-24(20-34)17-18-33)23-13-15-27(22(4)19-23)38-21-39(36,37)25-11-9-8-10-12-25/h8-16,19,24,33-34H,5-7,17-18,20-21H2,1-4H3,(H,31,35)/t24-/m1/s1. The lowest BCUT2D eigenvalue weighted by Crippen LogP contribution is -2.39. The van der Waals surface area contributed by atoms with E-state index in [0.29, 0.717) is 18.0 Å². The molecule has 3 N–H and O–H groups in total. The van der Waals surface area contributed by atoms with Gasteiger partial charge in [0.2, 0.25) is 9.84 Å². The molecule has 1 amide bonds. The zero-order valence-corrected chi connectivity index (χ0v) is 24.0. The van der Waals surface area contributed by atoms with Gasteiger partial charge in [0.25, 0.3) is 5.91 Å². The summed E-state index contributed by atoms with van der Waals surface area (Å²) in [5.74, 6) is -0.243. The number of aryl methyl sites for hydroxylation is 1. The van der Waals surface area contributed by atoms with E-state index in [1.807, 2.05) is 42.7 Å². The van der Waals surface area contributed by atoms with Gasteiger partial charge in [0.05, 0.1) is 17.5 Å². The number of carbonyl (C=O) groups excluding carboxylic acids is 1. The van der Waals surface area contributed by atoms with Crippen LogP contribution in [0.2, 0.25) is 0 Å². The third kappa shape index (κ3) is 6.54. The first-order chi connectivity index (χ1) is 18.7. The van der Waals surface area contributed by atoms with Crippen molar-refractivity contribution in [2.45, 2.75) is 69.9 Å². The topological polar surface area (TPSA) is 118 Å². The first-order valence-corrected chi connectivity index (χ1v) is 15.1. The molecule has 1 atom stereocenters. The summed E-state index contributed by atoms with van der Waals surface area (Å²) >= 11 is 0. The molecule has 0 unspecified atom stereocenters. The Balaban J connectivity index is 1.92. The Morgan fingerprint density at radius 2 is 1.72 bits per heavy atom. The molecule has 9 heteroatoms. The monoisotopic (exact) mass is 556 g/mol. The highest BCUT2D eigenvalue weighted by molar-refractivity contribution is 7.91. The van der Waals surface area contributed by atoms with Gasteiger partial charge in [-0.3, -0.25) is 4.79 Å². The Kier molecular flexibility index (Phi) is 10.4. The maximum atomic E-state index is 13.1. The van der Waals surface area contributed by atoms with Crippen LogP contribution < -0.4 is 10.1 Å². The summed E-state index contributed by atoms with van der Waals surface area (Å²) in [5.41, 5.74) is 2.98. The predicted octanol–water partition coefficient (Wildman–Crippen LogP) is 4.21. The molecule has 1 heterocycles. The average Bonchev–Trinajstić information content (AvgIpc) is 3.38. The summed E-state index contributed by atoms with van der Waals surface area (Å²) in [4.78, 5) is 13.3. The van der Waals surface area contributed by atoms with E-state index in [9.17, 15) is 23.4 Å². The fraction of sp³-hybridized carbons (Fsp3) is 0.433. The van der Waals surface area contributed by atoms with Crippen LogP contribution in [-0.4, -0.2) is 54.3 Å². The van der Waals surface area contributed by atoms with E-state index in [1.54, 1.807) is 36.4 Å². The number of benzene rings is 2. The number of carbonyl (C=O) groups is 1. The molecular weight excluding hydrogens is 516 g/mol. The Labute approximate surface area is 231 Å². The number of aromatic nitrogens is 1.